The Labute approximate surface area is 153 Å². The number of amidine groups is 1. The minimum Gasteiger partial charge on any atom is -0.478 e. The Morgan fingerprint density at radius 3 is 2.83 bits per heavy atom. The van der Waals surface area contributed by atoms with Gasteiger partial charge in [0.25, 0.3) is 0 Å². The number of nitrogens with two attached hydrogens (primary N) is 1. The molecule has 2 rings (SSSR count). The molecule has 0 spiro atoms. The van der Waals surface area contributed by atoms with Crippen LogP contribution in [0.4, 0.5) is 0 Å². The van der Waals surface area contributed by atoms with Gasteiger partial charge in [-0.05, 0) is 23.8 Å². The van der Waals surface area contributed by atoms with Crippen molar-refractivity contribution in [3.8, 4) is 11.8 Å². The molecule has 2 N–H and O–H groups in total. The lowest BCUT2D eigenvalue weighted by atomic mass is 10.2. The summed E-state index contributed by atoms with van der Waals surface area (Å²) in [6.07, 6.45) is 1.55. The first-order valence-electron chi connectivity index (χ1n) is 7.01. The van der Waals surface area contributed by atoms with E-state index < -0.39 is 0 Å². The smallest absolute Gasteiger partial charge is 0.180 e. The van der Waals surface area contributed by atoms with Gasteiger partial charge in [-0.15, -0.1) is 5.10 Å². The van der Waals surface area contributed by atoms with Gasteiger partial charge in [0.15, 0.2) is 11.8 Å². The van der Waals surface area contributed by atoms with Crippen molar-refractivity contribution in [2.24, 2.45) is 15.9 Å². The molecule has 0 aliphatic carbocycles. The quantitative estimate of drug-likeness (QED) is 0.450. The zero-order valence-corrected chi connectivity index (χ0v) is 15.1. The second-order valence-corrected chi connectivity index (χ2v) is 6.50. The summed E-state index contributed by atoms with van der Waals surface area (Å²) in [5, 5.41) is 17.0. The fraction of sp³-hybridized carbons (Fsp3) is 0.118. The molecule has 2 aromatic carbocycles. The molecule has 0 saturated heterocycles. The van der Waals surface area contributed by atoms with E-state index in [1.807, 2.05) is 48.5 Å². The molecule has 0 heterocycles. The monoisotopic (exact) mass is 402 g/mol. The number of hydrogen-bond donors (Lipinski definition) is 1. The maximum atomic E-state index is 8.62. The second kappa shape index (κ2) is 9.75. The van der Waals surface area contributed by atoms with E-state index in [1.165, 1.54) is 17.3 Å². The largest absolute Gasteiger partial charge is 0.478 e. The van der Waals surface area contributed by atoms with Crippen molar-refractivity contribution in [2.45, 2.75) is 5.75 Å². The Morgan fingerprint density at radius 1 is 1.29 bits per heavy atom. The lowest BCUT2D eigenvalue weighted by Crippen LogP contribution is -2.06. The van der Waals surface area contributed by atoms with Crippen molar-refractivity contribution >= 4 is 39.1 Å². The summed E-state index contributed by atoms with van der Waals surface area (Å²) in [6.45, 7) is -0.0270. The zero-order valence-electron chi connectivity index (χ0n) is 12.7. The predicted molar refractivity (Wildman–Crippen MR) is 102 cm³/mol. The van der Waals surface area contributed by atoms with Crippen molar-refractivity contribution in [1.82, 2.24) is 0 Å². The van der Waals surface area contributed by atoms with Crippen LogP contribution in [-0.2, 0) is 5.75 Å². The molecule has 122 valence electrons. The first kappa shape index (κ1) is 18.0. The predicted octanol–water partition coefficient (Wildman–Crippen LogP) is 3.93. The normalized spacial score (nSPS) is 11.4. The number of benzene rings is 2. The van der Waals surface area contributed by atoms with Gasteiger partial charge in [0, 0.05) is 15.8 Å². The Kier molecular flexibility index (Phi) is 7.33. The van der Waals surface area contributed by atoms with Crippen LogP contribution < -0.4 is 10.5 Å². The first-order valence-corrected chi connectivity index (χ1v) is 8.79. The second-order valence-electron chi connectivity index (χ2n) is 4.59. The molecule has 0 unspecified atom stereocenters. The molecule has 0 saturated carbocycles. The van der Waals surface area contributed by atoms with Crippen LogP contribution in [0.3, 0.4) is 0 Å². The molecule has 0 aliphatic heterocycles. The van der Waals surface area contributed by atoms with Crippen LogP contribution in [-0.4, -0.2) is 18.0 Å². The molecule has 0 atom stereocenters. The molecule has 5 nitrogen and oxygen atoms in total. The van der Waals surface area contributed by atoms with Crippen LogP contribution in [0.1, 0.15) is 11.1 Å². The number of halogens is 1. The van der Waals surface area contributed by atoms with Crippen LogP contribution in [0.5, 0.6) is 5.75 Å². The van der Waals surface area contributed by atoms with Gasteiger partial charge in [-0.1, -0.05) is 58.0 Å². The number of nitrogens with zero attached hydrogens (tertiary/aromatic N) is 3. The average Bonchev–Trinajstić information content (AvgIpc) is 2.60. The Hall–Kier alpha value is -2.30. The van der Waals surface area contributed by atoms with E-state index in [9.17, 15) is 0 Å². The summed E-state index contributed by atoms with van der Waals surface area (Å²) in [5.74, 6) is 1.30. The van der Waals surface area contributed by atoms with Crippen LogP contribution in [0.15, 0.2) is 63.2 Å². The molecule has 0 fully saturated rings. The third-order valence-corrected chi connectivity index (χ3v) is 4.20. The van der Waals surface area contributed by atoms with E-state index in [-0.39, 0.29) is 6.61 Å². The lowest BCUT2D eigenvalue weighted by Gasteiger charge is -2.05. The first-order chi connectivity index (χ1) is 11.7. The maximum Gasteiger partial charge on any atom is 0.180 e. The summed E-state index contributed by atoms with van der Waals surface area (Å²) >= 11 is 4.81. The maximum absolute atomic E-state index is 8.62. The highest BCUT2D eigenvalue weighted by Gasteiger charge is 2.02. The molecule has 0 aromatic heterocycles. The van der Waals surface area contributed by atoms with Crippen LogP contribution in [0.25, 0.3) is 0 Å². The minimum atomic E-state index is -0.0270. The average molecular weight is 403 g/mol. The van der Waals surface area contributed by atoms with Gasteiger partial charge in [-0.3, -0.25) is 0 Å². The number of nitriles is 1. The minimum absolute atomic E-state index is 0.0270. The van der Waals surface area contributed by atoms with Gasteiger partial charge in [0.1, 0.15) is 11.8 Å². The van der Waals surface area contributed by atoms with E-state index in [1.54, 1.807) is 12.3 Å². The summed E-state index contributed by atoms with van der Waals surface area (Å²) in [5.41, 5.74) is 7.73. The summed E-state index contributed by atoms with van der Waals surface area (Å²) in [6, 6.07) is 17.4. The number of rotatable bonds is 6. The van der Waals surface area contributed by atoms with E-state index in [2.05, 4.69) is 26.1 Å². The molecular formula is C17H15BrN4OS. The molecule has 24 heavy (non-hydrogen) atoms. The molecule has 0 amide bonds. The summed E-state index contributed by atoms with van der Waals surface area (Å²) in [4.78, 5) is 0. The summed E-state index contributed by atoms with van der Waals surface area (Å²) in [7, 11) is 0. The number of ether oxygens (including phenoxy) is 1. The van der Waals surface area contributed by atoms with Crippen molar-refractivity contribution in [2.75, 3.05) is 6.61 Å². The van der Waals surface area contributed by atoms with Crippen molar-refractivity contribution in [3.63, 3.8) is 0 Å². The Morgan fingerprint density at radius 2 is 2.08 bits per heavy atom. The highest BCUT2D eigenvalue weighted by atomic mass is 79.9. The van der Waals surface area contributed by atoms with E-state index in [4.69, 9.17) is 15.7 Å². The van der Waals surface area contributed by atoms with Gasteiger partial charge in [-0.2, -0.15) is 10.4 Å². The van der Waals surface area contributed by atoms with Crippen LogP contribution in [0, 0.1) is 11.3 Å². The molecule has 7 heteroatoms. The summed E-state index contributed by atoms with van der Waals surface area (Å²) < 4.78 is 6.22. The topological polar surface area (TPSA) is 83.8 Å². The fourth-order valence-electron chi connectivity index (χ4n) is 1.77. The van der Waals surface area contributed by atoms with Crippen molar-refractivity contribution in [3.05, 3.63) is 64.1 Å². The molecule has 0 bridgehead atoms. The van der Waals surface area contributed by atoms with E-state index in [0.717, 1.165) is 10.2 Å². The van der Waals surface area contributed by atoms with Gasteiger partial charge < -0.3 is 10.5 Å². The van der Waals surface area contributed by atoms with E-state index >= 15 is 0 Å². The van der Waals surface area contributed by atoms with Gasteiger partial charge in [0.05, 0.1) is 6.21 Å². The van der Waals surface area contributed by atoms with Gasteiger partial charge >= 0.3 is 0 Å². The number of hydrogen-bond acceptors (Lipinski definition) is 5. The van der Waals surface area contributed by atoms with Crippen LogP contribution in [0.2, 0.25) is 0 Å². The molecular weight excluding hydrogens is 388 g/mol. The van der Waals surface area contributed by atoms with Gasteiger partial charge in [0.2, 0.25) is 0 Å². The number of thioether (sulfide) groups is 1. The van der Waals surface area contributed by atoms with Crippen molar-refractivity contribution in [1.29, 1.82) is 5.26 Å². The van der Waals surface area contributed by atoms with Crippen LogP contribution >= 0.6 is 27.7 Å². The fourth-order valence-corrected chi connectivity index (χ4v) is 2.76. The van der Waals surface area contributed by atoms with Gasteiger partial charge in [-0.25, -0.2) is 0 Å². The molecule has 0 radical (unpaired) electrons. The third kappa shape index (κ3) is 6.07. The Balaban J connectivity index is 1.99. The van der Waals surface area contributed by atoms with Crippen molar-refractivity contribution < 1.29 is 4.74 Å². The lowest BCUT2D eigenvalue weighted by molar-refractivity contribution is 0.367. The third-order valence-electron chi connectivity index (χ3n) is 2.85. The highest BCUT2D eigenvalue weighted by molar-refractivity contribution is 9.10. The highest BCUT2D eigenvalue weighted by Crippen LogP contribution is 2.22. The SMILES string of the molecule is N#CCOc1ccc(Br)cc1C=NN=C(N)SCc1ccccc1. The zero-order chi connectivity index (χ0) is 17.2. The molecule has 0 aliphatic rings. The molecule has 2 aromatic rings. The van der Waals surface area contributed by atoms with E-state index in [0.29, 0.717) is 16.5 Å². The standard InChI is InChI=1S/C17H15BrN4OS/c18-15-6-7-16(23-9-8-19)14(10-15)11-21-22-17(20)24-12-13-4-2-1-3-5-13/h1-7,10-11H,9,12H2,(H2,20,22). The Bertz CT molecular complexity index is 772.